The molecule has 5 nitrogen and oxygen atoms in total. The quantitative estimate of drug-likeness (QED) is 0.803. The minimum absolute atomic E-state index is 0.191. The smallest absolute Gasteiger partial charge is 0.173 e. The molecule has 20 heavy (non-hydrogen) atoms. The molecular weight excluding hydrogens is 276 g/mol. The second-order valence-corrected chi connectivity index (χ2v) is 4.48. The average molecular weight is 287 g/mol. The molecule has 2 aromatic heterocycles. The van der Waals surface area contributed by atoms with E-state index in [9.17, 15) is 5.11 Å². The third kappa shape index (κ3) is 2.17. The largest absolute Gasteiger partial charge is 0.391 e. The van der Waals surface area contributed by atoms with Crippen LogP contribution in [-0.4, -0.2) is 24.9 Å². The van der Waals surface area contributed by atoms with Gasteiger partial charge in [-0.3, -0.25) is 4.98 Å². The summed E-state index contributed by atoms with van der Waals surface area (Å²) in [7, 11) is 0. The molecule has 6 heteroatoms. The Labute approximate surface area is 120 Å². The summed E-state index contributed by atoms with van der Waals surface area (Å²) in [6.45, 7) is -0.191. The summed E-state index contributed by atoms with van der Waals surface area (Å²) in [5.74, 6) is 0.509. The highest BCUT2D eigenvalue weighted by molar-refractivity contribution is 6.31. The van der Waals surface area contributed by atoms with E-state index in [-0.39, 0.29) is 6.61 Å². The number of halogens is 1. The lowest BCUT2D eigenvalue weighted by molar-refractivity contribution is 0.282. The van der Waals surface area contributed by atoms with Crippen molar-refractivity contribution in [2.45, 2.75) is 6.61 Å². The number of aromatic nitrogens is 4. The molecule has 2 heterocycles. The van der Waals surface area contributed by atoms with Crippen molar-refractivity contribution in [2.75, 3.05) is 0 Å². The average Bonchev–Trinajstić information content (AvgIpc) is 2.86. The zero-order valence-electron chi connectivity index (χ0n) is 10.4. The maximum Gasteiger partial charge on any atom is 0.173 e. The molecule has 1 N–H and O–H groups in total. The number of nitrogens with zero attached hydrogens (tertiary/aromatic N) is 4. The predicted molar refractivity (Wildman–Crippen MR) is 75.5 cm³/mol. The Kier molecular flexibility index (Phi) is 3.45. The molecule has 3 aromatic rings. The van der Waals surface area contributed by atoms with Gasteiger partial charge in [0.05, 0.1) is 18.5 Å². The molecule has 100 valence electrons. The minimum atomic E-state index is -0.191. The highest BCUT2D eigenvalue weighted by atomic mass is 35.5. The van der Waals surface area contributed by atoms with E-state index < -0.39 is 0 Å². The maximum absolute atomic E-state index is 9.55. The van der Waals surface area contributed by atoms with Crippen LogP contribution in [0.15, 0.2) is 48.9 Å². The van der Waals surface area contributed by atoms with Gasteiger partial charge >= 0.3 is 0 Å². The van der Waals surface area contributed by atoms with Crippen LogP contribution in [0.2, 0.25) is 5.15 Å². The van der Waals surface area contributed by atoms with Crippen LogP contribution in [0.5, 0.6) is 0 Å². The van der Waals surface area contributed by atoms with E-state index in [0.29, 0.717) is 22.2 Å². The van der Waals surface area contributed by atoms with Gasteiger partial charge in [-0.2, -0.15) is 5.10 Å². The molecule has 0 saturated heterocycles. The number of hydrogen-bond acceptors (Lipinski definition) is 4. The van der Waals surface area contributed by atoms with Gasteiger partial charge in [-0.1, -0.05) is 41.9 Å². The van der Waals surface area contributed by atoms with Crippen LogP contribution in [-0.2, 0) is 6.61 Å². The highest BCUT2D eigenvalue weighted by Gasteiger charge is 2.18. The molecule has 0 aliphatic heterocycles. The standard InChI is InChI=1S/C14H11ClN4O/c15-14-11(9-20)13(10-4-2-1-3-5-10)18-19(14)12-8-16-6-7-17-12/h1-8,20H,9H2. The second-order valence-electron chi connectivity index (χ2n) is 4.12. The maximum atomic E-state index is 9.55. The first-order valence-corrected chi connectivity index (χ1v) is 6.39. The molecule has 0 aliphatic carbocycles. The Hall–Kier alpha value is -2.24. The molecule has 0 saturated carbocycles. The van der Waals surface area contributed by atoms with Crippen LogP contribution < -0.4 is 0 Å². The molecule has 3 rings (SSSR count). The first-order valence-electron chi connectivity index (χ1n) is 6.01. The van der Waals surface area contributed by atoms with Crippen LogP contribution in [0.3, 0.4) is 0 Å². The Morgan fingerprint density at radius 1 is 1.15 bits per heavy atom. The number of rotatable bonds is 3. The van der Waals surface area contributed by atoms with Crippen molar-refractivity contribution in [2.24, 2.45) is 0 Å². The lowest BCUT2D eigenvalue weighted by atomic mass is 10.1. The summed E-state index contributed by atoms with van der Waals surface area (Å²) in [4.78, 5) is 8.16. The third-order valence-electron chi connectivity index (χ3n) is 2.89. The lowest BCUT2D eigenvalue weighted by Crippen LogP contribution is -2.00. The summed E-state index contributed by atoms with van der Waals surface area (Å²) in [6.07, 6.45) is 4.70. The van der Waals surface area contributed by atoms with Crippen LogP contribution in [0.25, 0.3) is 17.1 Å². The van der Waals surface area contributed by atoms with Gasteiger partial charge in [-0.05, 0) is 0 Å². The number of aliphatic hydroxyl groups is 1. The predicted octanol–water partition coefficient (Wildman–Crippen LogP) is 2.48. The summed E-state index contributed by atoms with van der Waals surface area (Å²) < 4.78 is 1.47. The molecule has 1 aromatic carbocycles. The van der Waals surface area contributed by atoms with Crippen molar-refractivity contribution in [1.82, 2.24) is 19.7 Å². The van der Waals surface area contributed by atoms with Crippen molar-refractivity contribution in [1.29, 1.82) is 0 Å². The second kappa shape index (κ2) is 5.40. The molecule has 0 unspecified atom stereocenters. The normalized spacial score (nSPS) is 10.7. The summed E-state index contributed by atoms with van der Waals surface area (Å²) in [6, 6.07) is 9.57. The van der Waals surface area contributed by atoms with Crippen molar-refractivity contribution in [3.63, 3.8) is 0 Å². The van der Waals surface area contributed by atoms with E-state index in [1.807, 2.05) is 30.3 Å². The summed E-state index contributed by atoms with van der Waals surface area (Å²) in [5, 5.41) is 14.3. The molecule has 0 radical (unpaired) electrons. The van der Waals surface area contributed by atoms with Gasteiger partial charge in [0.2, 0.25) is 0 Å². The van der Waals surface area contributed by atoms with Crippen LogP contribution in [0, 0.1) is 0 Å². The fraction of sp³-hybridized carbons (Fsp3) is 0.0714. The van der Waals surface area contributed by atoms with Gasteiger partial charge in [-0.15, -0.1) is 0 Å². The van der Waals surface area contributed by atoms with Crippen molar-refractivity contribution in [3.8, 4) is 17.1 Å². The van der Waals surface area contributed by atoms with E-state index in [1.54, 1.807) is 18.6 Å². The van der Waals surface area contributed by atoms with E-state index >= 15 is 0 Å². The van der Waals surface area contributed by atoms with Gasteiger partial charge in [0.25, 0.3) is 0 Å². The van der Waals surface area contributed by atoms with Crippen molar-refractivity contribution >= 4 is 11.6 Å². The van der Waals surface area contributed by atoms with Crippen LogP contribution >= 0.6 is 11.6 Å². The Morgan fingerprint density at radius 2 is 1.95 bits per heavy atom. The topological polar surface area (TPSA) is 63.8 Å². The van der Waals surface area contributed by atoms with E-state index in [2.05, 4.69) is 15.1 Å². The Bertz CT molecular complexity index is 713. The van der Waals surface area contributed by atoms with E-state index in [1.165, 1.54) is 4.68 Å². The van der Waals surface area contributed by atoms with Crippen LogP contribution in [0.4, 0.5) is 0 Å². The molecule has 0 amide bonds. The summed E-state index contributed by atoms with van der Waals surface area (Å²) >= 11 is 6.29. The van der Waals surface area contributed by atoms with Crippen molar-refractivity contribution in [3.05, 3.63) is 59.6 Å². The van der Waals surface area contributed by atoms with E-state index in [0.717, 1.165) is 5.56 Å². The molecule has 0 spiro atoms. The minimum Gasteiger partial charge on any atom is -0.391 e. The third-order valence-corrected chi connectivity index (χ3v) is 3.28. The number of aliphatic hydroxyl groups excluding tert-OH is 1. The number of hydrogen-bond donors (Lipinski definition) is 1. The SMILES string of the molecule is OCc1c(-c2ccccc2)nn(-c2cnccn2)c1Cl. The molecule has 0 aliphatic rings. The molecule has 0 atom stereocenters. The first kappa shape index (κ1) is 12.8. The summed E-state index contributed by atoms with van der Waals surface area (Å²) in [5.41, 5.74) is 2.10. The Balaban J connectivity index is 2.18. The van der Waals surface area contributed by atoms with Gasteiger partial charge in [0.15, 0.2) is 5.82 Å². The highest BCUT2D eigenvalue weighted by Crippen LogP contribution is 2.30. The van der Waals surface area contributed by atoms with Crippen molar-refractivity contribution < 1.29 is 5.11 Å². The fourth-order valence-electron chi connectivity index (χ4n) is 1.95. The molecule has 0 fully saturated rings. The van der Waals surface area contributed by atoms with Crippen LogP contribution in [0.1, 0.15) is 5.56 Å². The molecule has 0 bridgehead atoms. The Morgan fingerprint density at radius 3 is 2.60 bits per heavy atom. The fourth-order valence-corrected chi connectivity index (χ4v) is 2.22. The van der Waals surface area contributed by atoms with Gasteiger partial charge in [0.1, 0.15) is 5.15 Å². The van der Waals surface area contributed by atoms with Gasteiger partial charge in [-0.25, -0.2) is 9.67 Å². The molecular formula is C14H11ClN4O. The van der Waals surface area contributed by atoms with E-state index in [4.69, 9.17) is 11.6 Å². The zero-order chi connectivity index (χ0) is 13.9. The van der Waals surface area contributed by atoms with Gasteiger partial charge in [0, 0.05) is 23.5 Å². The first-order chi connectivity index (χ1) is 9.81. The van der Waals surface area contributed by atoms with Gasteiger partial charge < -0.3 is 5.11 Å². The number of benzene rings is 1. The lowest BCUT2D eigenvalue weighted by Gasteiger charge is -2.00. The monoisotopic (exact) mass is 286 g/mol. The zero-order valence-corrected chi connectivity index (χ0v) is 11.2.